The van der Waals surface area contributed by atoms with Crippen molar-refractivity contribution in [1.29, 1.82) is 0 Å². The van der Waals surface area contributed by atoms with Gasteiger partial charge in [0.05, 0.1) is 11.5 Å². The van der Waals surface area contributed by atoms with Crippen LogP contribution in [0.2, 0.25) is 0 Å². The highest BCUT2D eigenvalue weighted by Gasteiger charge is 2.61. The zero-order valence-corrected chi connectivity index (χ0v) is 20.2. The van der Waals surface area contributed by atoms with E-state index < -0.39 is 76.5 Å². The van der Waals surface area contributed by atoms with Crippen molar-refractivity contribution >= 4 is 11.5 Å². The predicted molar refractivity (Wildman–Crippen MR) is 124 cm³/mol. The maximum Gasteiger partial charge on any atom is 0.426 e. The van der Waals surface area contributed by atoms with Gasteiger partial charge in [-0.1, -0.05) is 42.5 Å². The number of halogens is 6. The molecule has 39 heavy (non-hydrogen) atoms. The maximum absolute atomic E-state index is 14.7. The van der Waals surface area contributed by atoms with Crippen LogP contribution in [0.3, 0.4) is 0 Å². The Labute approximate surface area is 217 Å². The van der Waals surface area contributed by atoms with Crippen molar-refractivity contribution < 1.29 is 40.4 Å². The molecule has 3 aromatic rings. The van der Waals surface area contributed by atoms with Crippen LogP contribution in [0.15, 0.2) is 53.0 Å². The molecule has 0 saturated carbocycles. The van der Waals surface area contributed by atoms with Gasteiger partial charge in [0, 0.05) is 12.1 Å². The first-order chi connectivity index (χ1) is 18.3. The number of alkyl halides is 6. The van der Waals surface area contributed by atoms with E-state index in [0.717, 1.165) is 0 Å². The monoisotopic (exact) mass is 557 g/mol. The van der Waals surface area contributed by atoms with E-state index in [1.807, 2.05) is 0 Å². The highest BCUT2D eigenvalue weighted by molar-refractivity contribution is 5.68. The number of nitrogens with one attached hydrogen (secondary N) is 1. The minimum atomic E-state index is -5.09. The second-order valence-corrected chi connectivity index (χ2v) is 8.81. The third-order valence-electron chi connectivity index (χ3n) is 5.97. The largest absolute Gasteiger partial charge is 0.426 e. The first kappa shape index (κ1) is 28.0. The van der Waals surface area contributed by atoms with Gasteiger partial charge in [0.25, 0.3) is 11.8 Å². The van der Waals surface area contributed by atoms with Crippen LogP contribution in [0, 0.1) is 10.1 Å². The van der Waals surface area contributed by atoms with Gasteiger partial charge in [-0.25, -0.2) is 4.98 Å². The molecule has 4 bridgehead atoms. The Hall–Kier alpha value is -4.01. The normalized spacial score (nSPS) is 20.2. The lowest BCUT2D eigenvalue weighted by molar-refractivity contribution is -0.384. The molecule has 3 heterocycles. The first-order valence-electron chi connectivity index (χ1n) is 11.6. The SMILES string of the molecule is CC1CC=CCCC(OCc2ccccc2)(C(F)(F)F)c2nnc(o2)-c2nc(c(C(F)(F)F)cc2[N+](=O)[O-])N1. The molecule has 0 amide bonds. The molecule has 2 unspecified atom stereocenters. The molecule has 2 aromatic heterocycles. The summed E-state index contributed by atoms with van der Waals surface area (Å²) in [6.45, 7) is 1.03. The van der Waals surface area contributed by atoms with Crippen LogP contribution in [0.25, 0.3) is 11.6 Å². The number of nitro groups is 1. The van der Waals surface area contributed by atoms with Crippen LogP contribution >= 0.6 is 0 Å². The molecule has 208 valence electrons. The standard InChI is InChI=1S/C24H21F6N5O4/c1-14-8-4-3-7-11-22(24(28,29)30,38-13-15-9-5-2-6-10-15)21-34-33-20(39-21)18-17(35(36)37)12-16(23(25,26)27)19(31-14)32-18/h2-6,9-10,12,14H,7-8,11,13H2,1H3,(H,31,32). The third kappa shape index (κ3) is 5.87. The van der Waals surface area contributed by atoms with E-state index in [1.165, 1.54) is 19.1 Å². The Morgan fingerprint density at radius 2 is 1.87 bits per heavy atom. The van der Waals surface area contributed by atoms with Crippen LogP contribution in [-0.4, -0.2) is 32.3 Å². The van der Waals surface area contributed by atoms with Gasteiger partial charge in [0.15, 0.2) is 0 Å². The van der Waals surface area contributed by atoms with Gasteiger partial charge in [0.2, 0.25) is 11.3 Å². The first-order valence-corrected chi connectivity index (χ1v) is 11.6. The number of hydrogen-bond acceptors (Lipinski definition) is 8. The van der Waals surface area contributed by atoms with Crippen molar-refractivity contribution in [3.05, 3.63) is 75.7 Å². The average Bonchev–Trinajstić information content (AvgIpc) is 3.34. The van der Waals surface area contributed by atoms with Gasteiger partial charge in [-0.05, 0) is 31.7 Å². The summed E-state index contributed by atoms with van der Waals surface area (Å²) in [6.07, 6.45) is -7.92. The minimum Gasteiger partial charge on any atom is -0.415 e. The summed E-state index contributed by atoms with van der Waals surface area (Å²) >= 11 is 0. The smallest absolute Gasteiger partial charge is 0.415 e. The molecule has 15 heteroatoms. The van der Waals surface area contributed by atoms with Gasteiger partial charge in [0.1, 0.15) is 11.4 Å². The number of anilines is 1. The molecular formula is C24H21F6N5O4. The zero-order chi connectivity index (χ0) is 28.4. The van der Waals surface area contributed by atoms with Gasteiger partial charge in [-0.2, -0.15) is 26.3 Å². The number of allylic oxidation sites excluding steroid dienone is 1. The molecule has 2 atom stereocenters. The van der Waals surface area contributed by atoms with Crippen molar-refractivity contribution in [2.24, 2.45) is 0 Å². The fraction of sp³-hybridized carbons (Fsp3) is 0.375. The molecule has 1 aromatic carbocycles. The van der Waals surface area contributed by atoms with E-state index in [1.54, 1.807) is 30.3 Å². The summed E-state index contributed by atoms with van der Waals surface area (Å²) in [4.78, 5) is 14.2. The second kappa shape index (κ2) is 10.6. The molecule has 0 radical (unpaired) electrons. The Kier molecular flexibility index (Phi) is 7.63. The zero-order valence-electron chi connectivity index (χ0n) is 20.2. The number of pyridine rings is 1. The maximum atomic E-state index is 14.7. The van der Waals surface area contributed by atoms with Crippen molar-refractivity contribution in [1.82, 2.24) is 15.2 Å². The Balaban J connectivity index is 1.91. The Morgan fingerprint density at radius 3 is 2.51 bits per heavy atom. The summed E-state index contributed by atoms with van der Waals surface area (Å²) in [7, 11) is 0. The van der Waals surface area contributed by atoms with E-state index in [0.29, 0.717) is 5.56 Å². The highest BCUT2D eigenvalue weighted by atomic mass is 19.4. The van der Waals surface area contributed by atoms with Gasteiger partial charge in [-0.15, -0.1) is 10.2 Å². The molecule has 4 rings (SSSR count). The average molecular weight is 557 g/mol. The summed E-state index contributed by atoms with van der Waals surface area (Å²) in [5.74, 6) is -2.71. The summed E-state index contributed by atoms with van der Waals surface area (Å²) in [6, 6.07) is 7.56. The van der Waals surface area contributed by atoms with Gasteiger partial charge in [-0.3, -0.25) is 10.1 Å². The van der Waals surface area contributed by atoms with E-state index in [2.05, 4.69) is 20.5 Å². The fourth-order valence-electron chi connectivity index (χ4n) is 3.97. The van der Waals surface area contributed by atoms with Crippen molar-refractivity contribution in [3.8, 4) is 11.6 Å². The Morgan fingerprint density at radius 1 is 1.15 bits per heavy atom. The van der Waals surface area contributed by atoms with Crippen LogP contribution in [0.1, 0.15) is 43.2 Å². The summed E-state index contributed by atoms with van der Waals surface area (Å²) < 4.78 is 96.0. The number of fused-ring (bicyclic) bond motifs is 5. The van der Waals surface area contributed by atoms with Crippen LogP contribution < -0.4 is 5.32 Å². The van der Waals surface area contributed by atoms with Crippen LogP contribution in [0.4, 0.5) is 37.8 Å². The Bertz CT molecular complexity index is 1360. The van der Waals surface area contributed by atoms with Gasteiger partial charge >= 0.3 is 18.0 Å². The van der Waals surface area contributed by atoms with Crippen molar-refractivity contribution in [2.45, 2.75) is 56.8 Å². The topological polar surface area (TPSA) is 116 Å². The summed E-state index contributed by atoms with van der Waals surface area (Å²) in [5, 5.41) is 21.2. The lowest BCUT2D eigenvalue weighted by Crippen LogP contribution is -2.45. The van der Waals surface area contributed by atoms with Crippen LogP contribution in [0.5, 0.6) is 0 Å². The fourth-order valence-corrected chi connectivity index (χ4v) is 3.97. The molecule has 0 aliphatic carbocycles. The van der Waals surface area contributed by atoms with Crippen molar-refractivity contribution in [3.63, 3.8) is 0 Å². The number of benzene rings is 1. The lowest BCUT2D eigenvalue weighted by atomic mass is 9.95. The molecular weight excluding hydrogens is 536 g/mol. The van der Waals surface area contributed by atoms with Crippen molar-refractivity contribution in [2.75, 3.05) is 5.32 Å². The number of ether oxygens (including phenoxy) is 1. The number of aromatic nitrogens is 3. The molecule has 0 spiro atoms. The summed E-state index contributed by atoms with van der Waals surface area (Å²) in [5.41, 5.74) is -6.15. The second-order valence-electron chi connectivity index (χ2n) is 8.81. The molecule has 1 N–H and O–H groups in total. The quantitative estimate of drug-likeness (QED) is 0.166. The van der Waals surface area contributed by atoms with E-state index >= 15 is 0 Å². The molecule has 9 nitrogen and oxygen atoms in total. The van der Waals surface area contributed by atoms with E-state index in [-0.39, 0.29) is 18.9 Å². The number of nitrogens with zero attached hydrogens (tertiary/aromatic N) is 4. The number of hydrogen-bond donors (Lipinski definition) is 1. The van der Waals surface area contributed by atoms with Gasteiger partial charge < -0.3 is 14.5 Å². The molecule has 1 aliphatic rings. The predicted octanol–water partition coefficient (Wildman–Crippen LogP) is 6.57. The number of rotatable bonds is 4. The highest BCUT2D eigenvalue weighted by Crippen LogP contribution is 2.47. The van der Waals surface area contributed by atoms with E-state index in [9.17, 15) is 36.5 Å². The molecule has 1 aliphatic heterocycles. The van der Waals surface area contributed by atoms with Crippen LogP contribution in [-0.2, 0) is 23.1 Å². The third-order valence-corrected chi connectivity index (χ3v) is 5.97. The minimum absolute atomic E-state index is 0.119. The molecule has 0 fully saturated rings. The molecule has 0 saturated heterocycles. The lowest BCUT2D eigenvalue weighted by Gasteiger charge is -2.32. The van der Waals surface area contributed by atoms with E-state index in [4.69, 9.17) is 9.15 Å².